The molecule has 88 valence electrons. The Morgan fingerprint density at radius 1 is 1.44 bits per heavy atom. The van der Waals surface area contributed by atoms with E-state index in [1.807, 2.05) is 0 Å². The molecule has 0 bridgehead atoms. The monoisotopic (exact) mass is 225 g/mol. The molecule has 0 saturated carbocycles. The van der Waals surface area contributed by atoms with Crippen molar-refractivity contribution in [3.8, 4) is 5.75 Å². The van der Waals surface area contributed by atoms with Crippen LogP contribution in [-0.2, 0) is 4.74 Å². The third kappa shape index (κ3) is 2.30. The van der Waals surface area contributed by atoms with Crippen LogP contribution in [0, 0.1) is 0 Å². The number of aromatic nitrogens is 1. The number of carbonyl (C=O) groups is 1. The molecule has 0 fully saturated rings. The summed E-state index contributed by atoms with van der Waals surface area (Å²) < 4.78 is 9.98. The zero-order valence-corrected chi connectivity index (χ0v) is 9.79. The molecule has 1 aromatic heterocycles. The van der Waals surface area contributed by atoms with Crippen LogP contribution < -0.4 is 10.2 Å². The third-order valence-corrected chi connectivity index (χ3v) is 2.35. The van der Waals surface area contributed by atoms with Crippen LogP contribution in [0.5, 0.6) is 5.75 Å². The highest BCUT2D eigenvalue weighted by Crippen LogP contribution is 2.17. The van der Waals surface area contributed by atoms with Crippen LogP contribution in [0.25, 0.3) is 0 Å². The predicted octanol–water partition coefficient (Wildman–Crippen LogP) is 1.29. The fourth-order valence-electron chi connectivity index (χ4n) is 1.36. The molecule has 1 atom stereocenters. The largest absolute Gasteiger partial charge is 0.491 e. The van der Waals surface area contributed by atoms with E-state index in [9.17, 15) is 9.59 Å². The second-order valence-electron chi connectivity index (χ2n) is 3.43. The number of hydrogen-bond donors (Lipinski definition) is 1. The molecule has 1 rings (SSSR count). The average Bonchev–Trinajstić information content (AvgIpc) is 2.26. The summed E-state index contributed by atoms with van der Waals surface area (Å²) in [6.45, 7) is 3.15. The molecule has 0 aromatic carbocycles. The Kier molecular flexibility index (Phi) is 3.84. The van der Waals surface area contributed by atoms with E-state index < -0.39 is 0 Å². The number of ketones is 1. The standard InChI is InChI=1S/C11H15NO4/c1-6(13)10-11(16-4)9(14)5-8(12-10)7(2)15-3/h5,7H,1-4H3,(H,12,14). The highest BCUT2D eigenvalue weighted by atomic mass is 16.5. The minimum atomic E-state index is -0.328. The molecule has 1 heterocycles. The first-order chi connectivity index (χ1) is 7.51. The fourth-order valence-corrected chi connectivity index (χ4v) is 1.36. The summed E-state index contributed by atoms with van der Waals surface area (Å²) in [5, 5.41) is 0. The van der Waals surface area contributed by atoms with E-state index in [1.165, 1.54) is 27.2 Å². The Morgan fingerprint density at radius 2 is 2.06 bits per heavy atom. The van der Waals surface area contributed by atoms with Gasteiger partial charge in [-0.15, -0.1) is 0 Å². The van der Waals surface area contributed by atoms with Gasteiger partial charge >= 0.3 is 0 Å². The molecule has 1 N–H and O–H groups in total. The number of methoxy groups -OCH3 is 2. The van der Waals surface area contributed by atoms with E-state index in [1.54, 1.807) is 6.92 Å². The first-order valence-corrected chi connectivity index (χ1v) is 4.86. The summed E-state index contributed by atoms with van der Waals surface area (Å²) in [5.74, 6) is -0.210. The number of aromatic amines is 1. The van der Waals surface area contributed by atoms with Crippen molar-refractivity contribution in [2.75, 3.05) is 14.2 Å². The summed E-state index contributed by atoms with van der Waals surface area (Å²) in [7, 11) is 2.89. The van der Waals surface area contributed by atoms with Gasteiger partial charge in [0.15, 0.2) is 11.5 Å². The number of rotatable bonds is 4. The van der Waals surface area contributed by atoms with Crippen molar-refractivity contribution < 1.29 is 14.3 Å². The molecule has 0 radical (unpaired) electrons. The maximum Gasteiger partial charge on any atom is 0.224 e. The Balaban J connectivity index is 3.40. The lowest BCUT2D eigenvalue weighted by Gasteiger charge is -2.12. The quantitative estimate of drug-likeness (QED) is 0.784. The Hall–Kier alpha value is -1.62. The fraction of sp³-hybridized carbons (Fsp3) is 0.455. The zero-order chi connectivity index (χ0) is 12.3. The molecule has 0 aliphatic rings. The topological polar surface area (TPSA) is 68.4 Å². The van der Waals surface area contributed by atoms with Crippen molar-refractivity contribution in [1.29, 1.82) is 0 Å². The number of Topliss-reactive ketones (excluding diaryl/α,β-unsaturated/α-hetero) is 1. The number of H-pyrrole nitrogens is 1. The van der Waals surface area contributed by atoms with Gasteiger partial charge in [0.25, 0.3) is 0 Å². The molecule has 0 amide bonds. The van der Waals surface area contributed by atoms with Gasteiger partial charge in [0.1, 0.15) is 5.69 Å². The van der Waals surface area contributed by atoms with Gasteiger partial charge in [-0.1, -0.05) is 0 Å². The molecule has 5 heteroatoms. The van der Waals surface area contributed by atoms with E-state index in [0.717, 1.165) is 0 Å². The van der Waals surface area contributed by atoms with E-state index in [0.29, 0.717) is 5.69 Å². The van der Waals surface area contributed by atoms with Crippen LogP contribution >= 0.6 is 0 Å². The van der Waals surface area contributed by atoms with Crippen LogP contribution in [0.3, 0.4) is 0 Å². The lowest BCUT2D eigenvalue weighted by molar-refractivity contribution is 0.0999. The molecule has 0 saturated heterocycles. The molecular weight excluding hydrogens is 210 g/mol. The zero-order valence-electron chi connectivity index (χ0n) is 9.79. The van der Waals surface area contributed by atoms with Gasteiger partial charge in [0.05, 0.1) is 13.2 Å². The van der Waals surface area contributed by atoms with Crippen LogP contribution in [0.2, 0.25) is 0 Å². The van der Waals surface area contributed by atoms with E-state index in [-0.39, 0.29) is 28.8 Å². The Bertz CT molecular complexity index is 450. The SMILES string of the molecule is COc1c(C(C)=O)[nH]c(C(C)OC)cc1=O. The van der Waals surface area contributed by atoms with Crippen molar-refractivity contribution in [2.24, 2.45) is 0 Å². The summed E-state index contributed by atoms with van der Waals surface area (Å²) in [6, 6.07) is 1.37. The van der Waals surface area contributed by atoms with Crippen molar-refractivity contribution in [2.45, 2.75) is 20.0 Å². The number of pyridine rings is 1. The van der Waals surface area contributed by atoms with Gasteiger partial charge in [-0.3, -0.25) is 9.59 Å². The molecule has 1 aromatic rings. The predicted molar refractivity (Wildman–Crippen MR) is 59.0 cm³/mol. The third-order valence-electron chi connectivity index (χ3n) is 2.35. The second-order valence-corrected chi connectivity index (χ2v) is 3.43. The smallest absolute Gasteiger partial charge is 0.224 e. The van der Waals surface area contributed by atoms with Gasteiger partial charge in [-0.05, 0) is 6.92 Å². The van der Waals surface area contributed by atoms with Crippen LogP contribution in [0.15, 0.2) is 10.9 Å². The highest BCUT2D eigenvalue weighted by molar-refractivity contribution is 5.94. The minimum absolute atomic E-state index is 0.0413. The minimum Gasteiger partial charge on any atom is -0.491 e. The van der Waals surface area contributed by atoms with E-state index >= 15 is 0 Å². The number of hydrogen-bond acceptors (Lipinski definition) is 4. The van der Waals surface area contributed by atoms with E-state index in [2.05, 4.69) is 4.98 Å². The first-order valence-electron chi connectivity index (χ1n) is 4.86. The van der Waals surface area contributed by atoms with Gasteiger partial charge in [-0.25, -0.2) is 0 Å². The van der Waals surface area contributed by atoms with Gasteiger partial charge in [0, 0.05) is 25.8 Å². The number of ether oxygens (including phenoxy) is 2. The van der Waals surface area contributed by atoms with Gasteiger partial charge in [-0.2, -0.15) is 0 Å². The number of carbonyl (C=O) groups excluding carboxylic acids is 1. The van der Waals surface area contributed by atoms with Crippen molar-refractivity contribution in [3.05, 3.63) is 27.7 Å². The summed E-state index contributed by atoms with van der Waals surface area (Å²) in [6.07, 6.45) is -0.281. The van der Waals surface area contributed by atoms with Crippen molar-refractivity contribution >= 4 is 5.78 Å². The van der Waals surface area contributed by atoms with Crippen molar-refractivity contribution in [1.82, 2.24) is 4.98 Å². The average molecular weight is 225 g/mol. The summed E-state index contributed by atoms with van der Waals surface area (Å²) >= 11 is 0. The highest BCUT2D eigenvalue weighted by Gasteiger charge is 2.16. The lowest BCUT2D eigenvalue weighted by Crippen LogP contribution is -2.16. The van der Waals surface area contributed by atoms with Gasteiger partial charge in [0.2, 0.25) is 5.43 Å². The molecule has 0 spiro atoms. The Labute approximate surface area is 93.4 Å². The van der Waals surface area contributed by atoms with Crippen LogP contribution in [-0.4, -0.2) is 25.0 Å². The van der Waals surface area contributed by atoms with Crippen molar-refractivity contribution in [3.63, 3.8) is 0 Å². The molecular formula is C11H15NO4. The summed E-state index contributed by atoms with van der Waals surface area (Å²) in [4.78, 5) is 25.9. The Morgan fingerprint density at radius 3 is 2.50 bits per heavy atom. The molecule has 0 aliphatic carbocycles. The van der Waals surface area contributed by atoms with Gasteiger partial charge < -0.3 is 14.5 Å². The second kappa shape index (κ2) is 4.94. The molecule has 5 nitrogen and oxygen atoms in total. The first kappa shape index (κ1) is 12.4. The number of nitrogens with one attached hydrogen (secondary N) is 1. The lowest BCUT2D eigenvalue weighted by atomic mass is 10.2. The molecule has 16 heavy (non-hydrogen) atoms. The van der Waals surface area contributed by atoms with E-state index in [4.69, 9.17) is 9.47 Å². The maximum absolute atomic E-state index is 11.7. The molecule has 0 aliphatic heterocycles. The summed E-state index contributed by atoms with van der Waals surface area (Å²) in [5.41, 5.74) is 0.401. The molecule has 1 unspecified atom stereocenters. The maximum atomic E-state index is 11.7. The normalized spacial score (nSPS) is 12.2. The van der Waals surface area contributed by atoms with Crippen LogP contribution in [0.4, 0.5) is 0 Å². The van der Waals surface area contributed by atoms with Crippen LogP contribution in [0.1, 0.15) is 36.1 Å².